The number of nitrogens with one attached hydrogen (secondary N) is 3. The largest absolute Gasteiger partial charge is 0.326 e. The number of carbonyl (C=O) groups is 3. The van der Waals surface area contributed by atoms with Crippen molar-refractivity contribution in [3.63, 3.8) is 0 Å². The lowest BCUT2D eigenvalue weighted by atomic mass is 10.2. The van der Waals surface area contributed by atoms with Crippen molar-refractivity contribution in [3.05, 3.63) is 69.8 Å². The number of hydrogen-bond donors (Lipinski definition) is 3. The number of rotatable bonds is 6. The van der Waals surface area contributed by atoms with Gasteiger partial charge >= 0.3 is 0 Å². The molecule has 0 heterocycles. The second-order valence-corrected chi connectivity index (χ2v) is 5.59. The number of hydrazine groups is 1. The van der Waals surface area contributed by atoms with Crippen molar-refractivity contribution in [2.24, 2.45) is 0 Å². The maximum atomic E-state index is 12.1. The molecule has 0 aromatic heterocycles. The molecule has 0 saturated carbocycles. The Morgan fingerprint density at radius 2 is 1.37 bits per heavy atom. The van der Waals surface area contributed by atoms with E-state index in [-0.39, 0.29) is 22.7 Å². The highest BCUT2D eigenvalue weighted by molar-refractivity contribution is 5.99. The summed E-state index contributed by atoms with van der Waals surface area (Å²) in [6.45, 7) is 1.90. The molecule has 0 aliphatic heterocycles. The van der Waals surface area contributed by atoms with Crippen LogP contribution in [0.3, 0.4) is 0 Å². The van der Waals surface area contributed by atoms with Crippen molar-refractivity contribution in [2.75, 3.05) is 5.32 Å². The minimum atomic E-state index is -0.610. The fourth-order valence-electron chi connectivity index (χ4n) is 2.15. The van der Waals surface area contributed by atoms with Crippen LogP contribution in [0.5, 0.6) is 0 Å². The number of nitro groups is 1. The summed E-state index contributed by atoms with van der Waals surface area (Å²) in [5.41, 5.74) is 5.37. The van der Waals surface area contributed by atoms with Gasteiger partial charge in [0.15, 0.2) is 0 Å². The van der Waals surface area contributed by atoms with Crippen molar-refractivity contribution in [3.8, 4) is 0 Å². The third-order valence-corrected chi connectivity index (χ3v) is 3.54. The Kier molecular flexibility index (Phi) is 6.59. The number of hydrogen-bond acceptors (Lipinski definition) is 5. The molecule has 0 saturated heterocycles. The summed E-state index contributed by atoms with van der Waals surface area (Å²) >= 11 is 0. The monoisotopic (exact) mass is 370 g/mol. The maximum absolute atomic E-state index is 12.1. The van der Waals surface area contributed by atoms with E-state index in [1.54, 1.807) is 12.1 Å². The van der Waals surface area contributed by atoms with Gasteiger partial charge in [0.05, 0.1) is 4.92 Å². The molecule has 0 atom stereocenters. The van der Waals surface area contributed by atoms with Crippen molar-refractivity contribution in [1.29, 1.82) is 0 Å². The molecule has 27 heavy (non-hydrogen) atoms. The van der Waals surface area contributed by atoms with Crippen LogP contribution in [-0.4, -0.2) is 22.6 Å². The highest BCUT2D eigenvalue weighted by Crippen LogP contribution is 2.12. The van der Waals surface area contributed by atoms with Crippen molar-refractivity contribution in [1.82, 2.24) is 10.9 Å². The second-order valence-electron chi connectivity index (χ2n) is 5.59. The van der Waals surface area contributed by atoms with E-state index in [1.807, 2.05) is 6.92 Å². The summed E-state index contributed by atoms with van der Waals surface area (Å²) in [6.07, 6.45) is 1.15. The molecule has 3 amide bonds. The van der Waals surface area contributed by atoms with E-state index in [4.69, 9.17) is 0 Å². The Bertz CT molecular complexity index is 847. The van der Waals surface area contributed by atoms with Gasteiger partial charge in [0.25, 0.3) is 17.5 Å². The van der Waals surface area contributed by atoms with Gasteiger partial charge < -0.3 is 5.32 Å². The molecule has 9 heteroatoms. The fraction of sp³-hybridized carbons (Fsp3) is 0.167. The molecule has 3 N–H and O–H groups in total. The van der Waals surface area contributed by atoms with Gasteiger partial charge in [-0.3, -0.25) is 35.3 Å². The molecule has 0 fully saturated rings. The van der Waals surface area contributed by atoms with Crippen LogP contribution in [0.15, 0.2) is 48.5 Å². The van der Waals surface area contributed by atoms with E-state index in [1.165, 1.54) is 36.4 Å². The predicted molar refractivity (Wildman–Crippen MR) is 98.0 cm³/mol. The van der Waals surface area contributed by atoms with Crippen molar-refractivity contribution in [2.45, 2.75) is 19.8 Å². The number of non-ortho nitro benzene ring substituents is 1. The number of nitro benzene ring substituents is 1. The quantitative estimate of drug-likeness (QED) is 0.531. The molecule has 2 rings (SSSR count). The molecule has 0 aliphatic rings. The first-order chi connectivity index (χ1) is 12.9. The van der Waals surface area contributed by atoms with Gasteiger partial charge in [-0.15, -0.1) is 0 Å². The van der Waals surface area contributed by atoms with Gasteiger partial charge in [0.2, 0.25) is 5.91 Å². The van der Waals surface area contributed by atoms with Crippen LogP contribution in [0.2, 0.25) is 0 Å². The van der Waals surface area contributed by atoms with E-state index < -0.39 is 16.7 Å². The smallest absolute Gasteiger partial charge is 0.269 e. The van der Waals surface area contributed by atoms with E-state index in [2.05, 4.69) is 16.2 Å². The SMILES string of the molecule is CCCC(=O)Nc1ccc(C(=O)NNC(=O)c2ccc([N+](=O)[O-])cc2)cc1. The van der Waals surface area contributed by atoms with Crippen LogP contribution in [0.4, 0.5) is 11.4 Å². The summed E-state index contributed by atoms with van der Waals surface area (Å²) < 4.78 is 0. The Hall–Kier alpha value is -3.75. The number of benzene rings is 2. The normalized spacial score (nSPS) is 9.96. The summed E-state index contributed by atoms with van der Waals surface area (Å²) in [4.78, 5) is 45.6. The van der Waals surface area contributed by atoms with Gasteiger partial charge in [0.1, 0.15) is 0 Å². The standard InChI is InChI=1S/C18H18N4O5/c1-2-3-16(23)19-14-8-4-12(5-9-14)17(24)20-21-18(25)13-6-10-15(11-7-13)22(26)27/h4-11H,2-3H2,1H3,(H,19,23)(H,20,24)(H,21,25). The first-order valence-electron chi connectivity index (χ1n) is 8.15. The minimum Gasteiger partial charge on any atom is -0.326 e. The third kappa shape index (κ3) is 5.63. The maximum Gasteiger partial charge on any atom is 0.269 e. The number of nitrogens with zero attached hydrogens (tertiary/aromatic N) is 1. The summed E-state index contributed by atoms with van der Waals surface area (Å²) in [7, 11) is 0. The highest BCUT2D eigenvalue weighted by atomic mass is 16.6. The molecular weight excluding hydrogens is 352 g/mol. The van der Waals surface area contributed by atoms with Crippen molar-refractivity contribution < 1.29 is 19.3 Å². The van der Waals surface area contributed by atoms with Crippen LogP contribution < -0.4 is 16.2 Å². The van der Waals surface area contributed by atoms with E-state index in [9.17, 15) is 24.5 Å². The van der Waals surface area contributed by atoms with Crippen LogP contribution in [0.1, 0.15) is 40.5 Å². The van der Waals surface area contributed by atoms with E-state index >= 15 is 0 Å². The Morgan fingerprint density at radius 3 is 1.81 bits per heavy atom. The van der Waals surface area contributed by atoms with E-state index in [0.29, 0.717) is 12.1 Å². The first kappa shape index (κ1) is 19.6. The Labute approximate surface area is 154 Å². The first-order valence-corrected chi connectivity index (χ1v) is 8.15. The molecule has 0 aliphatic carbocycles. The van der Waals surface area contributed by atoms with E-state index in [0.717, 1.165) is 6.42 Å². The lowest BCUT2D eigenvalue weighted by molar-refractivity contribution is -0.384. The average molecular weight is 370 g/mol. The van der Waals surface area contributed by atoms with Gasteiger partial charge in [-0.2, -0.15) is 0 Å². The molecule has 2 aromatic carbocycles. The van der Waals surface area contributed by atoms with Crippen molar-refractivity contribution >= 4 is 29.1 Å². The van der Waals surface area contributed by atoms with Gasteiger partial charge in [-0.05, 0) is 42.8 Å². The fourth-order valence-corrected chi connectivity index (χ4v) is 2.15. The van der Waals surface area contributed by atoms with Gasteiger partial charge in [0, 0.05) is 35.4 Å². The lowest BCUT2D eigenvalue weighted by Crippen LogP contribution is -2.41. The topological polar surface area (TPSA) is 130 Å². The Morgan fingerprint density at radius 1 is 0.889 bits per heavy atom. The second kappa shape index (κ2) is 9.09. The predicted octanol–water partition coefficient (Wildman–Crippen LogP) is 2.41. The van der Waals surface area contributed by atoms with Crippen LogP contribution in [0, 0.1) is 10.1 Å². The minimum absolute atomic E-state index is 0.106. The van der Waals surface area contributed by atoms with Crippen LogP contribution in [0.25, 0.3) is 0 Å². The number of carbonyl (C=O) groups excluding carboxylic acids is 3. The zero-order valence-electron chi connectivity index (χ0n) is 14.5. The molecule has 0 unspecified atom stereocenters. The molecule has 2 aromatic rings. The molecular formula is C18H18N4O5. The number of anilines is 1. The number of amides is 3. The Balaban J connectivity index is 1.90. The zero-order valence-corrected chi connectivity index (χ0v) is 14.5. The third-order valence-electron chi connectivity index (χ3n) is 3.54. The summed E-state index contributed by atoms with van der Waals surface area (Å²) in [5.74, 6) is -1.26. The van der Waals surface area contributed by atoms with Crippen LogP contribution in [-0.2, 0) is 4.79 Å². The van der Waals surface area contributed by atoms with Gasteiger partial charge in [-0.25, -0.2) is 0 Å². The molecule has 0 bridgehead atoms. The molecule has 0 spiro atoms. The lowest BCUT2D eigenvalue weighted by Gasteiger charge is -2.08. The molecule has 9 nitrogen and oxygen atoms in total. The van der Waals surface area contributed by atoms with Gasteiger partial charge in [-0.1, -0.05) is 6.92 Å². The average Bonchev–Trinajstić information content (AvgIpc) is 2.66. The zero-order chi connectivity index (χ0) is 19.8. The molecule has 0 radical (unpaired) electrons. The summed E-state index contributed by atoms with van der Waals surface area (Å²) in [6, 6.07) is 11.1. The summed E-state index contributed by atoms with van der Waals surface area (Å²) in [5, 5.41) is 13.3. The molecule has 140 valence electrons. The van der Waals surface area contributed by atoms with Crippen LogP contribution >= 0.6 is 0 Å². The highest BCUT2D eigenvalue weighted by Gasteiger charge is 2.11.